The van der Waals surface area contributed by atoms with E-state index in [1.807, 2.05) is 53.7 Å². The molecule has 3 atom stereocenters. The molecule has 7 nitrogen and oxygen atoms in total. The highest BCUT2D eigenvalue weighted by Gasteiger charge is 2.33. The van der Waals surface area contributed by atoms with Crippen molar-refractivity contribution in [1.29, 1.82) is 0 Å². The van der Waals surface area contributed by atoms with Crippen LogP contribution >= 0.6 is 12.6 Å². The minimum absolute atomic E-state index is 0.109. The highest BCUT2D eigenvalue weighted by Crippen LogP contribution is 2.36. The van der Waals surface area contributed by atoms with Crippen LogP contribution in [0.5, 0.6) is 0 Å². The Bertz CT molecular complexity index is 607. The van der Waals surface area contributed by atoms with Crippen LogP contribution in [-0.4, -0.2) is 39.3 Å². The predicted molar refractivity (Wildman–Crippen MR) is 134 cm³/mol. The molecule has 0 amide bonds. The molecule has 0 radical (unpaired) electrons. The number of rotatable bonds is 2. The first kappa shape index (κ1) is 30.3. The minimum Gasteiger partial charge on any atom is -0.513 e. The number of hydrogen-bond acceptors (Lipinski definition) is 8. The van der Waals surface area contributed by atoms with E-state index in [2.05, 4.69) is 46.3 Å². The fourth-order valence-corrected chi connectivity index (χ4v) is 2.72. The van der Waals surface area contributed by atoms with Gasteiger partial charge in [0.05, 0.1) is 18.5 Å². The fraction of sp³-hybridized carbons (Fsp3) is 0.636. The first-order valence-electron chi connectivity index (χ1n) is 10.7. The summed E-state index contributed by atoms with van der Waals surface area (Å²) in [6, 6.07) is 0. The zero-order valence-electron chi connectivity index (χ0n) is 20.0. The smallest absolute Gasteiger partial charge is 0.161 e. The second-order valence-electron chi connectivity index (χ2n) is 6.24. The van der Waals surface area contributed by atoms with Gasteiger partial charge in [-0.3, -0.25) is 0 Å². The number of nitrogens with two attached hydrogens (primary N) is 1. The summed E-state index contributed by atoms with van der Waals surface area (Å²) >= 11 is 4.09. The van der Waals surface area contributed by atoms with Crippen LogP contribution in [0.1, 0.15) is 68.2 Å². The van der Waals surface area contributed by atoms with Crippen molar-refractivity contribution in [2.24, 2.45) is 0 Å². The van der Waals surface area contributed by atoms with Gasteiger partial charge in [-0.25, -0.2) is 9.97 Å². The molecule has 3 unspecified atom stereocenters. The number of aliphatic hydroxyl groups is 1. The Morgan fingerprint density at radius 1 is 1.37 bits per heavy atom. The Hall–Kier alpha value is -1.93. The van der Waals surface area contributed by atoms with E-state index < -0.39 is 0 Å². The fourth-order valence-electron chi connectivity index (χ4n) is 2.54. The van der Waals surface area contributed by atoms with Gasteiger partial charge in [0.1, 0.15) is 18.2 Å². The van der Waals surface area contributed by atoms with Crippen LogP contribution in [-0.2, 0) is 4.74 Å². The molecular weight excluding hydrogens is 398 g/mol. The standard InChI is InChI=1S/C10H15N5O.C5H10S.C3H6O.2C2H6/c1-6-2-3-7(16-6)15-5-14-8-9(11)12-4-13-10(8)15;1-3-4-5(2)6;1-3(2)4;2*1-2/h4,6-7,14H,2-3,5H2,1H3,(H2,11,12,13);3-6H,1-2H3;4H,1H2,2H3;2*1-2H3/b;4-3-;;;. The van der Waals surface area contributed by atoms with E-state index in [4.69, 9.17) is 15.6 Å². The van der Waals surface area contributed by atoms with E-state index in [1.54, 1.807) is 0 Å². The van der Waals surface area contributed by atoms with E-state index in [0.717, 1.165) is 24.3 Å². The van der Waals surface area contributed by atoms with Crippen LogP contribution in [0.3, 0.4) is 0 Å². The van der Waals surface area contributed by atoms with Crippen molar-refractivity contribution in [1.82, 2.24) is 9.97 Å². The van der Waals surface area contributed by atoms with Crippen LogP contribution in [0.2, 0.25) is 0 Å². The summed E-state index contributed by atoms with van der Waals surface area (Å²) in [6.45, 7) is 19.4. The summed E-state index contributed by atoms with van der Waals surface area (Å²) in [6.07, 6.45) is 8.09. The number of nitrogen functional groups attached to an aromatic ring is 1. The molecule has 1 saturated heterocycles. The third kappa shape index (κ3) is 11.9. The molecule has 30 heavy (non-hydrogen) atoms. The Labute approximate surface area is 189 Å². The van der Waals surface area contributed by atoms with E-state index in [9.17, 15) is 0 Å². The van der Waals surface area contributed by atoms with Gasteiger partial charge in [-0.2, -0.15) is 12.6 Å². The monoisotopic (exact) mass is 441 g/mol. The molecule has 1 aromatic rings. The van der Waals surface area contributed by atoms with E-state index in [0.29, 0.717) is 23.8 Å². The average Bonchev–Trinajstić information content (AvgIpc) is 3.32. The summed E-state index contributed by atoms with van der Waals surface area (Å²) in [7, 11) is 0. The van der Waals surface area contributed by atoms with Crippen LogP contribution in [0, 0.1) is 0 Å². The average molecular weight is 442 g/mol. The third-order valence-corrected chi connectivity index (χ3v) is 3.76. The first-order valence-corrected chi connectivity index (χ1v) is 11.2. The zero-order chi connectivity index (χ0) is 23.7. The van der Waals surface area contributed by atoms with Gasteiger partial charge < -0.3 is 25.8 Å². The number of nitrogens with one attached hydrogen (secondary N) is 1. The van der Waals surface area contributed by atoms with E-state index >= 15 is 0 Å². The molecule has 1 fully saturated rings. The van der Waals surface area contributed by atoms with Gasteiger partial charge in [0.2, 0.25) is 0 Å². The zero-order valence-corrected chi connectivity index (χ0v) is 20.9. The highest BCUT2D eigenvalue weighted by molar-refractivity contribution is 7.81. The molecule has 174 valence electrons. The highest BCUT2D eigenvalue weighted by atomic mass is 32.1. The van der Waals surface area contributed by atoms with Crippen LogP contribution in [0.15, 0.2) is 30.8 Å². The Morgan fingerprint density at radius 2 is 1.93 bits per heavy atom. The van der Waals surface area contributed by atoms with Gasteiger partial charge in [0, 0.05) is 5.25 Å². The number of thiol groups is 1. The maximum atomic E-state index is 7.86. The number of anilines is 3. The lowest BCUT2D eigenvalue weighted by atomic mass is 10.2. The normalized spacial score (nSPS) is 19.3. The summed E-state index contributed by atoms with van der Waals surface area (Å²) in [5, 5.41) is 11.5. The molecule has 4 N–H and O–H groups in total. The maximum absolute atomic E-state index is 7.86. The second-order valence-corrected chi connectivity index (χ2v) is 7.06. The van der Waals surface area contributed by atoms with Crippen molar-refractivity contribution in [2.45, 2.75) is 85.8 Å². The molecule has 2 aliphatic rings. The number of nitrogens with zero attached hydrogens (tertiary/aromatic N) is 3. The molecule has 0 aromatic carbocycles. The summed E-state index contributed by atoms with van der Waals surface area (Å²) in [4.78, 5) is 10.3. The molecule has 0 aliphatic carbocycles. The predicted octanol–water partition coefficient (Wildman–Crippen LogP) is 5.78. The second kappa shape index (κ2) is 17.9. The van der Waals surface area contributed by atoms with Gasteiger partial charge >= 0.3 is 0 Å². The minimum atomic E-state index is 0.109. The Kier molecular flexibility index (Phi) is 18.0. The number of hydrogen-bond donors (Lipinski definition) is 4. The number of allylic oxidation sites excluding steroid dienone is 2. The lowest BCUT2D eigenvalue weighted by Gasteiger charge is -2.24. The number of fused-ring (bicyclic) bond motifs is 1. The van der Waals surface area contributed by atoms with Crippen molar-refractivity contribution in [2.75, 3.05) is 22.6 Å². The van der Waals surface area contributed by atoms with Gasteiger partial charge in [-0.1, -0.05) is 53.3 Å². The number of ether oxygens (including phenoxy) is 1. The van der Waals surface area contributed by atoms with Crippen molar-refractivity contribution in [3.8, 4) is 0 Å². The maximum Gasteiger partial charge on any atom is 0.161 e. The summed E-state index contributed by atoms with van der Waals surface area (Å²) < 4.78 is 5.83. The molecular formula is C22H43N5O2S. The van der Waals surface area contributed by atoms with Gasteiger partial charge in [-0.15, -0.1) is 0 Å². The van der Waals surface area contributed by atoms with Gasteiger partial charge in [0.25, 0.3) is 0 Å². The SMILES string of the molecule is C/C=C\C(C)S.C=C(C)O.CC.CC.CC1CCC(N2CNc3c(N)ncnc32)O1. The topological polar surface area (TPSA) is 96.5 Å². The number of aliphatic hydroxyl groups excluding tert-OH is 1. The Balaban J connectivity index is 0. The molecule has 0 spiro atoms. The molecule has 0 bridgehead atoms. The molecule has 8 heteroatoms. The quantitative estimate of drug-likeness (QED) is 0.262. The van der Waals surface area contributed by atoms with Crippen LogP contribution in [0.25, 0.3) is 0 Å². The van der Waals surface area contributed by atoms with Crippen molar-refractivity contribution < 1.29 is 9.84 Å². The number of aromatic nitrogens is 2. The molecule has 3 heterocycles. The van der Waals surface area contributed by atoms with E-state index in [-0.39, 0.29) is 12.0 Å². The first-order chi connectivity index (χ1) is 14.3. The van der Waals surface area contributed by atoms with Crippen molar-refractivity contribution in [3.63, 3.8) is 0 Å². The third-order valence-electron chi connectivity index (χ3n) is 3.58. The van der Waals surface area contributed by atoms with Gasteiger partial charge in [0.15, 0.2) is 11.6 Å². The molecule has 3 rings (SSSR count). The van der Waals surface area contributed by atoms with Crippen molar-refractivity contribution in [3.05, 3.63) is 30.8 Å². The molecule has 1 aromatic heterocycles. The van der Waals surface area contributed by atoms with Crippen molar-refractivity contribution >= 4 is 30.0 Å². The molecule has 2 aliphatic heterocycles. The summed E-state index contributed by atoms with van der Waals surface area (Å²) in [5.74, 6) is 1.52. The van der Waals surface area contributed by atoms with Gasteiger partial charge in [-0.05, 0) is 33.6 Å². The Morgan fingerprint density at radius 3 is 2.33 bits per heavy atom. The van der Waals surface area contributed by atoms with E-state index in [1.165, 1.54) is 13.3 Å². The lowest BCUT2D eigenvalue weighted by molar-refractivity contribution is 0.0550. The largest absolute Gasteiger partial charge is 0.513 e. The van der Waals surface area contributed by atoms with Crippen LogP contribution < -0.4 is 16.0 Å². The molecule has 0 saturated carbocycles. The van der Waals surface area contributed by atoms with Crippen LogP contribution in [0.4, 0.5) is 17.3 Å². The summed E-state index contributed by atoms with van der Waals surface area (Å²) in [5.41, 5.74) is 6.60. The lowest BCUT2D eigenvalue weighted by Crippen LogP contribution is -2.35.